The summed E-state index contributed by atoms with van der Waals surface area (Å²) in [6.45, 7) is 6.48. The predicted octanol–water partition coefficient (Wildman–Crippen LogP) is 3.72. The van der Waals surface area contributed by atoms with E-state index in [9.17, 15) is 4.79 Å². The maximum atomic E-state index is 12.2. The lowest BCUT2D eigenvalue weighted by Gasteiger charge is -2.35. The number of nitrogens with zero attached hydrogens (tertiary/aromatic N) is 1. The van der Waals surface area contributed by atoms with Gasteiger partial charge in [0.25, 0.3) is 0 Å². The van der Waals surface area contributed by atoms with E-state index in [1.807, 2.05) is 4.90 Å². The number of rotatable bonds is 2. The van der Waals surface area contributed by atoms with Gasteiger partial charge < -0.3 is 4.90 Å². The summed E-state index contributed by atoms with van der Waals surface area (Å²) in [5, 5.41) is 2.12. The largest absolute Gasteiger partial charge is 0.328 e. The van der Waals surface area contributed by atoms with Crippen molar-refractivity contribution in [2.45, 2.75) is 19.4 Å². The first-order valence-electron chi connectivity index (χ1n) is 6.76. The third-order valence-electron chi connectivity index (χ3n) is 3.78. The van der Waals surface area contributed by atoms with E-state index < -0.39 is 0 Å². The number of amides is 1. The number of hydrogen-bond acceptors (Lipinski definition) is 2. The van der Waals surface area contributed by atoms with Gasteiger partial charge in [0.1, 0.15) is 0 Å². The third-order valence-corrected chi connectivity index (χ3v) is 4.78. The van der Waals surface area contributed by atoms with Gasteiger partial charge in [0.05, 0.1) is 6.04 Å². The number of hydrogen-bond donors (Lipinski definition) is 0. The lowest BCUT2D eigenvalue weighted by atomic mass is 9.92. The van der Waals surface area contributed by atoms with E-state index >= 15 is 0 Å². The summed E-state index contributed by atoms with van der Waals surface area (Å²) in [5.74, 6) is 0.00774. The summed E-state index contributed by atoms with van der Waals surface area (Å²) in [6.07, 6.45) is 2.36. The van der Waals surface area contributed by atoms with Crippen molar-refractivity contribution in [1.29, 1.82) is 0 Å². The minimum atomic E-state index is 0.00774. The highest BCUT2D eigenvalue weighted by Gasteiger charge is 2.31. The van der Waals surface area contributed by atoms with Crippen LogP contribution in [0.3, 0.4) is 0 Å². The van der Waals surface area contributed by atoms with Crippen LogP contribution in [0.2, 0.25) is 0 Å². The third kappa shape index (κ3) is 2.18. The first kappa shape index (κ1) is 13.1. The van der Waals surface area contributed by atoms with Crippen molar-refractivity contribution in [3.63, 3.8) is 0 Å². The van der Waals surface area contributed by atoms with E-state index in [4.69, 9.17) is 0 Å². The molecule has 1 unspecified atom stereocenters. The molecule has 2 aromatic rings. The van der Waals surface area contributed by atoms with Crippen LogP contribution in [0.4, 0.5) is 0 Å². The molecule has 3 heteroatoms. The van der Waals surface area contributed by atoms with Gasteiger partial charge in [-0.2, -0.15) is 0 Å². The molecule has 0 aliphatic carbocycles. The molecule has 2 nitrogen and oxygen atoms in total. The molecule has 1 aromatic carbocycles. The SMILES string of the molecule is C=CC(=O)N1CCc2sccc2C1c1cccc(C)c1. The highest BCUT2D eigenvalue weighted by atomic mass is 32.1. The zero-order valence-corrected chi connectivity index (χ0v) is 12.3. The van der Waals surface area contributed by atoms with E-state index in [0.717, 1.165) is 13.0 Å². The number of benzene rings is 1. The number of aryl methyl sites for hydroxylation is 1. The molecule has 1 aliphatic rings. The molecule has 0 saturated heterocycles. The second kappa shape index (κ2) is 5.25. The zero-order valence-electron chi connectivity index (χ0n) is 11.5. The van der Waals surface area contributed by atoms with E-state index in [1.54, 1.807) is 11.3 Å². The smallest absolute Gasteiger partial charge is 0.246 e. The molecule has 1 atom stereocenters. The average Bonchev–Trinajstić information content (AvgIpc) is 2.93. The van der Waals surface area contributed by atoms with E-state index in [2.05, 4.69) is 49.2 Å². The number of carbonyl (C=O) groups is 1. The van der Waals surface area contributed by atoms with Gasteiger partial charge in [-0.1, -0.05) is 36.4 Å². The topological polar surface area (TPSA) is 20.3 Å². The lowest BCUT2D eigenvalue weighted by molar-refractivity contribution is -0.128. The van der Waals surface area contributed by atoms with Crippen LogP contribution in [-0.4, -0.2) is 17.4 Å². The van der Waals surface area contributed by atoms with Gasteiger partial charge in [-0.05, 0) is 42.0 Å². The summed E-state index contributed by atoms with van der Waals surface area (Å²) in [5.41, 5.74) is 3.66. The lowest BCUT2D eigenvalue weighted by Crippen LogP contribution is -2.39. The molecule has 20 heavy (non-hydrogen) atoms. The molecule has 0 bridgehead atoms. The van der Waals surface area contributed by atoms with Gasteiger partial charge in [-0.15, -0.1) is 11.3 Å². The van der Waals surface area contributed by atoms with Crippen molar-refractivity contribution in [2.75, 3.05) is 6.54 Å². The number of fused-ring (bicyclic) bond motifs is 1. The van der Waals surface area contributed by atoms with Crippen LogP contribution in [0.5, 0.6) is 0 Å². The van der Waals surface area contributed by atoms with E-state index in [1.165, 1.54) is 27.6 Å². The van der Waals surface area contributed by atoms with Crippen molar-refractivity contribution in [1.82, 2.24) is 4.90 Å². The van der Waals surface area contributed by atoms with Crippen molar-refractivity contribution in [3.8, 4) is 0 Å². The number of thiophene rings is 1. The maximum Gasteiger partial charge on any atom is 0.246 e. The molecule has 0 saturated carbocycles. The highest BCUT2D eigenvalue weighted by molar-refractivity contribution is 7.10. The normalized spacial score (nSPS) is 17.6. The molecule has 2 heterocycles. The Hall–Kier alpha value is -1.87. The van der Waals surface area contributed by atoms with Gasteiger partial charge in [-0.25, -0.2) is 0 Å². The fourth-order valence-corrected chi connectivity index (χ4v) is 3.77. The molecular formula is C17H17NOS. The fourth-order valence-electron chi connectivity index (χ4n) is 2.87. The minimum Gasteiger partial charge on any atom is -0.328 e. The Kier molecular flexibility index (Phi) is 3.45. The average molecular weight is 283 g/mol. The summed E-state index contributed by atoms with van der Waals surface area (Å²) < 4.78 is 0. The second-order valence-corrected chi connectivity index (χ2v) is 6.10. The van der Waals surface area contributed by atoms with Crippen LogP contribution in [0.1, 0.15) is 27.6 Å². The summed E-state index contributed by atoms with van der Waals surface area (Å²) in [7, 11) is 0. The van der Waals surface area contributed by atoms with Crippen molar-refractivity contribution >= 4 is 17.2 Å². The summed E-state index contributed by atoms with van der Waals surface area (Å²) in [6, 6.07) is 10.6. The Balaban J connectivity index is 2.11. The van der Waals surface area contributed by atoms with Crippen LogP contribution < -0.4 is 0 Å². The van der Waals surface area contributed by atoms with Crippen LogP contribution >= 0.6 is 11.3 Å². The van der Waals surface area contributed by atoms with Gasteiger partial charge >= 0.3 is 0 Å². The Bertz CT molecular complexity index is 659. The first-order chi connectivity index (χ1) is 9.70. The second-order valence-electron chi connectivity index (χ2n) is 5.10. The maximum absolute atomic E-state index is 12.2. The quantitative estimate of drug-likeness (QED) is 0.769. The summed E-state index contributed by atoms with van der Waals surface area (Å²) in [4.78, 5) is 15.5. The molecule has 1 aromatic heterocycles. The van der Waals surface area contributed by atoms with Crippen LogP contribution in [-0.2, 0) is 11.2 Å². The Morgan fingerprint density at radius 2 is 2.30 bits per heavy atom. The highest BCUT2D eigenvalue weighted by Crippen LogP contribution is 2.37. The fraction of sp³-hybridized carbons (Fsp3) is 0.235. The van der Waals surface area contributed by atoms with Gasteiger partial charge in [0.2, 0.25) is 5.91 Å². The van der Waals surface area contributed by atoms with Gasteiger partial charge in [-0.3, -0.25) is 4.79 Å². The molecule has 102 valence electrons. The Labute approximate surface area is 123 Å². The molecule has 0 fully saturated rings. The first-order valence-corrected chi connectivity index (χ1v) is 7.64. The van der Waals surface area contributed by atoms with E-state index in [-0.39, 0.29) is 11.9 Å². The van der Waals surface area contributed by atoms with Crippen LogP contribution in [0.25, 0.3) is 0 Å². The Morgan fingerprint density at radius 3 is 3.05 bits per heavy atom. The Morgan fingerprint density at radius 1 is 1.45 bits per heavy atom. The standard InChI is InChI=1S/C17H17NOS/c1-3-16(19)18-9-7-15-14(8-10-20-15)17(18)13-6-4-5-12(2)11-13/h3-6,8,10-11,17H,1,7,9H2,2H3. The van der Waals surface area contributed by atoms with Crippen molar-refractivity contribution in [3.05, 3.63) is 69.9 Å². The van der Waals surface area contributed by atoms with Crippen LogP contribution in [0, 0.1) is 6.92 Å². The molecule has 1 aliphatic heterocycles. The van der Waals surface area contributed by atoms with Gasteiger partial charge in [0, 0.05) is 11.4 Å². The van der Waals surface area contributed by atoms with E-state index in [0.29, 0.717) is 0 Å². The molecule has 1 amide bonds. The van der Waals surface area contributed by atoms with Crippen LogP contribution in [0.15, 0.2) is 48.4 Å². The molecule has 0 spiro atoms. The summed E-state index contributed by atoms with van der Waals surface area (Å²) >= 11 is 1.79. The van der Waals surface area contributed by atoms with Crippen molar-refractivity contribution in [2.24, 2.45) is 0 Å². The van der Waals surface area contributed by atoms with Gasteiger partial charge in [0.15, 0.2) is 0 Å². The van der Waals surface area contributed by atoms with Crippen molar-refractivity contribution < 1.29 is 4.79 Å². The monoisotopic (exact) mass is 283 g/mol. The molecule has 0 radical (unpaired) electrons. The molecular weight excluding hydrogens is 266 g/mol. The zero-order chi connectivity index (χ0) is 14.1. The molecule has 3 rings (SSSR count). The minimum absolute atomic E-state index is 0.00774. The predicted molar refractivity (Wildman–Crippen MR) is 83.0 cm³/mol. The molecule has 0 N–H and O–H groups in total. The number of carbonyl (C=O) groups excluding carboxylic acids is 1.